The molecule has 2 amide bonds. The number of amides is 2. The van der Waals surface area contributed by atoms with Gasteiger partial charge in [-0.3, -0.25) is 0 Å². The first-order valence-electron chi connectivity index (χ1n) is 10.5. The Balaban J connectivity index is 1.54. The zero-order chi connectivity index (χ0) is 20.1. The Labute approximate surface area is 176 Å². The van der Waals surface area contributed by atoms with E-state index in [0.29, 0.717) is 6.54 Å². The molecule has 1 aliphatic carbocycles. The highest BCUT2D eigenvalue weighted by Gasteiger charge is 2.32. The molecule has 150 valence electrons. The van der Waals surface area contributed by atoms with E-state index in [9.17, 15) is 4.79 Å². The van der Waals surface area contributed by atoms with Crippen molar-refractivity contribution in [2.24, 2.45) is 0 Å². The fraction of sp³-hybridized carbons (Fsp3) is 0.375. The summed E-state index contributed by atoms with van der Waals surface area (Å²) < 4.78 is 2.31. The molecule has 0 spiro atoms. The minimum atomic E-state index is -0.0288. The lowest BCUT2D eigenvalue weighted by molar-refractivity contribution is 0.189. The third-order valence-corrected chi connectivity index (χ3v) is 7.55. The number of carbonyl (C=O) groups excluding carboxylic acids is 1. The summed E-state index contributed by atoms with van der Waals surface area (Å²) in [5.74, 6) is 0. The average molecular weight is 406 g/mol. The summed E-state index contributed by atoms with van der Waals surface area (Å²) >= 11 is 1.93. The summed E-state index contributed by atoms with van der Waals surface area (Å²) in [7, 11) is 0. The second-order valence-electron chi connectivity index (χ2n) is 8.41. The number of thiophene rings is 1. The molecule has 0 bridgehead atoms. The number of nitrogens with zero attached hydrogens (tertiary/aromatic N) is 2. The van der Waals surface area contributed by atoms with Gasteiger partial charge in [0.25, 0.3) is 0 Å². The third kappa shape index (κ3) is 3.18. The van der Waals surface area contributed by atoms with Gasteiger partial charge < -0.3 is 14.8 Å². The molecule has 1 N–H and O–H groups in total. The number of hydrogen-bond donors (Lipinski definition) is 1. The van der Waals surface area contributed by atoms with E-state index in [0.717, 1.165) is 23.2 Å². The van der Waals surface area contributed by atoms with Gasteiger partial charge in [-0.25, -0.2) is 4.79 Å². The molecule has 29 heavy (non-hydrogen) atoms. The van der Waals surface area contributed by atoms with Crippen LogP contribution in [0.5, 0.6) is 0 Å². The van der Waals surface area contributed by atoms with Crippen LogP contribution in [0.15, 0.2) is 36.5 Å². The fourth-order valence-electron chi connectivity index (χ4n) is 4.85. The zero-order valence-electron chi connectivity index (χ0n) is 17.3. The second-order valence-corrected chi connectivity index (χ2v) is 9.49. The number of nitrogens with one attached hydrogen (secondary N) is 1. The van der Waals surface area contributed by atoms with E-state index in [-0.39, 0.29) is 12.1 Å². The van der Waals surface area contributed by atoms with Crippen molar-refractivity contribution in [3.05, 3.63) is 69.4 Å². The molecule has 0 saturated heterocycles. The minimum absolute atomic E-state index is 0.00902. The van der Waals surface area contributed by atoms with E-state index in [4.69, 9.17) is 0 Å². The van der Waals surface area contributed by atoms with Crippen molar-refractivity contribution < 1.29 is 4.79 Å². The van der Waals surface area contributed by atoms with Gasteiger partial charge in [0.1, 0.15) is 5.00 Å². The van der Waals surface area contributed by atoms with Crippen LogP contribution in [0.4, 0.5) is 10.5 Å². The quantitative estimate of drug-likeness (QED) is 0.518. The maximum Gasteiger partial charge on any atom is 0.322 e. The summed E-state index contributed by atoms with van der Waals surface area (Å²) in [5, 5.41) is 4.47. The molecular weight excluding hydrogens is 378 g/mol. The number of rotatable bonds is 1. The SMILES string of the molecule is Cc1cc(C)cc(NC(=O)N2Cc3c(sc4c3CCCC4)-n3cccc3[C@H]2C)c1. The Morgan fingerprint density at radius 1 is 1.10 bits per heavy atom. The van der Waals surface area contributed by atoms with Crippen LogP contribution >= 0.6 is 11.3 Å². The normalized spacial score (nSPS) is 17.9. The molecule has 5 heteroatoms. The minimum Gasteiger partial charge on any atom is -0.312 e. The van der Waals surface area contributed by atoms with Crippen LogP contribution in [0.2, 0.25) is 0 Å². The molecule has 0 fully saturated rings. The Kier molecular flexibility index (Phi) is 4.50. The molecule has 4 nitrogen and oxygen atoms in total. The molecule has 1 aromatic carbocycles. The van der Waals surface area contributed by atoms with Crippen LogP contribution in [-0.4, -0.2) is 15.5 Å². The van der Waals surface area contributed by atoms with Crippen molar-refractivity contribution in [2.45, 2.75) is 59.0 Å². The van der Waals surface area contributed by atoms with Crippen molar-refractivity contribution in [1.82, 2.24) is 9.47 Å². The van der Waals surface area contributed by atoms with E-state index < -0.39 is 0 Å². The number of hydrogen-bond acceptors (Lipinski definition) is 2. The van der Waals surface area contributed by atoms with Crippen LogP contribution < -0.4 is 5.32 Å². The van der Waals surface area contributed by atoms with Gasteiger partial charge in [-0.1, -0.05) is 6.07 Å². The maximum absolute atomic E-state index is 13.4. The Morgan fingerprint density at radius 2 is 1.86 bits per heavy atom. The molecule has 3 aromatic rings. The molecule has 0 radical (unpaired) electrons. The standard InChI is InChI=1S/C24H27N3OS/c1-15-11-16(2)13-18(12-15)25-24(28)27-14-20-19-7-4-5-9-22(19)29-23(20)26-10-6-8-21(26)17(27)3/h6,8,10-13,17H,4-5,7,9,14H2,1-3H3,(H,25,28)/t17-/m1/s1. The zero-order valence-corrected chi connectivity index (χ0v) is 18.1. The fourth-order valence-corrected chi connectivity index (χ4v) is 6.25. The van der Waals surface area contributed by atoms with Gasteiger partial charge in [0.2, 0.25) is 0 Å². The smallest absolute Gasteiger partial charge is 0.312 e. The topological polar surface area (TPSA) is 37.3 Å². The molecule has 3 heterocycles. The van der Waals surface area contributed by atoms with E-state index in [1.54, 1.807) is 0 Å². The van der Waals surface area contributed by atoms with Gasteiger partial charge in [-0.05, 0) is 87.4 Å². The average Bonchev–Trinajstić information content (AvgIpc) is 3.27. The predicted octanol–water partition coefficient (Wildman–Crippen LogP) is 6.14. The van der Waals surface area contributed by atoms with Crippen LogP contribution in [0, 0.1) is 13.8 Å². The lowest BCUT2D eigenvalue weighted by atomic mass is 9.95. The van der Waals surface area contributed by atoms with Crippen LogP contribution in [0.3, 0.4) is 0 Å². The summed E-state index contributed by atoms with van der Waals surface area (Å²) in [6.07, 6.45) is 6.99. The first kappa shape index (κ1) is 18.5. The second kappa shape index (κ2) is 7.06. The highest BCUT2D eigenvalue weighted by Crippen LogP contribution is 2.42. The molecule has 2 aromatic heterocycles. The van der Waals surface area contributed by atoms with Crippen molar-refractivity contribution in [3.63, 3.8) is 0 Å². The Hall–Kier alpha value is -2.53. The van der Waals surface area contributed by atoms with E-state index in [1.165, 1.54) is 46.0 Å². The van der Waals surface area contributed by atoms with Gasteiger partial charge in [-0.2, -0.15) is 0 Å². The largest absolute Gasteiger partial charge is 0.322 e. The van der Waals surface area contributed by atoms with Gasteiger partial charge in [0, 0.05) is 28.0 Å². The number of aryl methyl sites for hydroxylation is 3. The number of carbonyl (C=O) groups is 1. The number of benzene rings is 1. The van der Waals surface area contributed by atoms with Crippen LogP contribution in [0.1, 0.15) is 58.6 Å². The first-order chi connectivity index (χ1) is 14.0. The summed E-state index contributed by atoms with van der Waals surface area (Å²) in [5.41, 5.74) is 7.21. The van der Waals surface area contributed by atoms with Crippen LogP contribution in [0.25, 0.3) is 5.00 Å². The molecule has 2 aliphatic rings. The summed E-state index contributed by atoms with van der Waals surface area (Å²) in [4.78, 5) is 16.9. The van der Waals surface area contributed by atoms with Crippen LogP contribution in [-0.2, 0) is 19.4 Å². The van der Waals surface area contributed by atoms with Crippen molar-refractivity contribution >= 4 is 23.1 Å². The highest BCUT2D eigenvalue weighted by atomic mass is 32.1. The van der Waals surface area contributed by atoms with E-state index in [1.807, 2.05) is 28.4 Å². The lowest BCUT2D eigenvalue weighted by Gasteiger charge is -2.28. The van der Waals surface area contributed by atoms with Crippen molar-refractivity contribution in [3.8, 4) is 5.00 Å². The van der Waals surface area contributed by atoms with E-state index in [2.05, 4.69) is 55.1 Å². The molecular formula is C24H27N3OS. The number of urea groups is 1. The van der Waals surface area contributed by atoms with Gasteiger partial charge in [0.15, 0.2) is 0 Å². The maximum atomic E-state index is 13.4. The highest BCUT2D eigenvalue weighted by molar-refractivity contribution is 7.15. The number of anilines is 1. The predicted molar refractivity (Wildman–Crippen MR) is 119 cm³/mol. The first-order valence-corrected chi connectivity index (χ1v) is 11.3. The molecule has 0 unspecified atom stereocenters. The van der Waals surface area contributed by atoms with Gasteiger partial charge in [-0.15, -0.1) is 11.3 Å². The number of fused-ring (bicyclic) bond motifs is 5. The summed E-state index contributed by atoms with van der Waals surface area (Å²) in [6.45, 7) is 6.93. The third-order valence-electron chi connectivity index (χ3n) is 6.22. The summed E-state index contributed by atoms with van der Waals surface area (Å²) in [6, 6.07) is 10.4. The molecule has 0 saturated carbocycles. The molecule has 1 aliphatic heterocycles. The van der Waals surface area contributed by atoms with Gasteiger partial charge >= 0.3 is 6.03 Å². The van der Waals surface area contributed by atoms with Crippen molar-refractivity contribution in [2.75, 3.05) is 5.32 Å². The Bertz CT molecular complexity index is 1070. The van der Waals surface area contributed by atoms with E-state index >= 15 is 0 Å². The molecule has 5 rings (SSSR count). The molecule has 1 atom stereocenters. The number of aromatic nitrogens is 1. The Morgan fingerprint density at radius 3 is 2.66 bits per heavy atom. The monoisotopic (exact) mass is 405 g/mol. The lowest BCUT2D eigenvalue weighted by Crippen LogP contribution is -2.36. The van der Waals surface area contributed by atoms with Gasteiger partial charge in [0.05, 0.1) is 12.6 Å². The van der Waals surface area contributed by atoms with Crippen molar-refractivity contribution in [1.29, 1.82) is 0 Å².